The van der Waals surface area contributed by atoms with Gasteiger partial charge >= 0.3 is 0 Å². The standard InChI is InChI=1S/C7H15NO/c1-6-3-8-4-7(6)5-9-2/h6-8H,3-5H2,1-2H3/t6-,7-/m0/s1. The second-order valence-corrected chi connectivity index (χ2v) is 2.85. The Hall–Kier alpha value is -0.0800. The van der Waals surface area contributed by atoms with Crippen molar-refractivity contribution in [1.82, 2.24) is 5.32 Å². The predicted octanol–water partition coefficient (Wildman–Crippen LogP) is 0.488. The van der Waals surface area contributed by atoms with Crippen LogP contribution in [0.1, 0.15) is 6.92 Å². The molecule has 0 aliphatic carbocycles. The molecule has 0 saturated carbocycles. The third-order valence-electron chi connectivity index (χ3n) is 2.06. The van der Waals surface area contributed by atoms with Gasteiger partial charge in [-0.05, 0) is 18.4 Å². The molecule has 0 bridgehead atoms. The highest BCUT2D eigenvalue weighted by Gasteiger charge is 2.21. The minimum Gasteiger partial charge on any atom is -0.384 e. The van der Waals surface area contributed by atoms with E-state index in [4.69, 9.17) is 4.74 Å². The monoisotopic (exact) mass is 129 g/mol. The van der Waals surface area contributed by atoms with E-state index in [0.29, 0.717) is 0 Å². The maximum atomic E-state index is 5.06. The Morgan fingerprint density at radius 3 is 2.78 bits per heavy atom. The number of hydrogen-bond donors (Lipinski definition) is 1. The summed E-state index contributed by atoms with van der Waals surface area (Å²) < 4.78 is 5.06. The molecule has 1 aliphatic rings. The summed E-state index contributed by atoms with van der Waals surface area (Å²) in [6.45, 7) is 5.47. The molecule has 1 rings (SSSR count). The highest BCUT2D eigenvalue weighted by Crippen LogP contribution is 2.14. The lowest BCUT2D eigenvalue weighted by Crippen LogP contribution is -2.15. The minimum absolute atomic E-state index is 0.745. The van der Waals surface area contributed by atoms with E-state index < -0.39 is 0 Å². The lowest BCUT2D eigenvalue weighted by molar-refractivity contribution is 0.144. The van der Waals surface area contributed by atoms with E-state index in [2.05, 4.69) is 12.2 Å². The molecule has 1 N–H and O–H groups in total. The van der Waals surface area contributed by atoms with E-state index in [9.17, 15) is 0 Å². The summed E-state index contributed by atoms with van der Waals surface area (Å²) >= 11 is 0. The van der Waals surface area contributed by atoms with Crippen molar-refractivity contribution >= 4 is 0 Å². The van der Waals surface area contributed by atoms with Crippen LogP contribution in [0.15, 0.2) is 0 Å². The van der Waals surface area contributed by atoms with Gasteiger partial charge in [0.15, 0.2) is 0 Å². The third kappa shape index (κ3) is 1.66. The number of rotatable bonds is 2. The molecule has 0 unspecified atom stereocenters. The second kappa shape index (κ2) is 3.18. The van der Waals surface area contributed by atoms with Crippen molar-refractivity contribution in [3.8, 4) is 0 Å². The summed E-state index contributed by atoms with van der Waals surface area (Å²) in [5.74, 6) is 1.54. The molecule has 0 radical (unpaired) electrons. The third-order valence-corrected chi connectivity index (χ3v) is 2.06. The van der Waals surface area contributed by atoms with Crippen molar-refractivity contribution in [3.63, 3.8) is 0 Å². The Morgan fingerprint density at radius 1 is 1.56 bits per heavy atom. The van der Waals surface area contributed by atoms with Gasteiger partial charge in [0.25, 0.3) is 0 Å². The fourth-order valence-corrected chi connectivity index (χ4v) is 1.30. The minimum atomic E-state index is 0.745. The summed E-state index contributed by atoms with van der Waals surface area (Å²) in [7, 11) is 1.77. The molecule has 1 fully saturated rings. The van der Waals surface area contributed by atoms with Gasteiger partial charge in [-0.25, -0.2) is 0 Å². The summed E-state index contributed by atoms with van der Waals surface area (Å²) in [5.41, 5.74) is 0. The van der Waals surface area contributed by atoms with Crippen LogP contribution >= 0.6 is 0 Å². The van der Waals surface area contributed by atoms with Crippen molar-refractivity contribution in [1.29, 1.82) is 0 Å². The first-order chi connectivity index (χ1) is 4.34. The molecular weight excluding hydrogens is 114 g/mol. The first-order valence-electron chi connectivity index (χ1n) is 3.54. The SMILES string of the molecule is COC[C@@H]1CNC[C@@H]1C. The molecule has 1 saturated heterocycles. The molecule has 9 heavy (non-hydrogen) atoms. The topological polar surface area (TPSA) is 21.3 Å². The number of methoxy groups -OCH3 is 1. The van der Waals surface area contributed by atoms with Gasteiger partial charge in [0.1, 0.15) is 0 Å². The van der Waals surface area contributed by atoms with Crippen molar-refractivity contribution in [2.45, 2.75) is 6.92 Å². The van der Waals surface area contributed by atoms with Crippen molar-refractivity contribution < 1.29 is 4.74 Å². The first-order valence-corrected chi connectivity index (χ1v) is 3.54. The van der Waals surface area contributed by atoms with Crippen molar-refractivity contribution in [2.24, 2.45) is 11.8 Å². The average molecular weight is 129 g/mol. The van der Waals surface area contributed by atoms with Crippen LogP contribution in [-0.2, 0) is 4.74 Å². The van der Waals surface area contributed by atoms with Crippen molar-refractivity contribution in [3.05, 3.63) is 0 Å². The van der Waals surface area contributed by atoms with Crippen LogP contribution in [-0.4, -0.2) is 26.8 Å². The number of nitrogens with one attached hydrogen (secondary N) is 1. The van der Waals surface area contributed by atoms with Crippen LogP contribution in [0.5, 0.6) is 0 Å². The summed E-state index contributed by atoms with van der Waals surface area (Å²) in [6.07, 6.45) is 0. The van der Waals surface area contributed by atoms with Crippen LogP contribution in [0.3, 0.4) is 0 Å². The van der Waals surface area contributed by atoms with Crippen LogP contribution in [0, 0.1) is 11.8 Å². The van der Waals surface area contributed by atoms with Crippen LogP contribution in [0.25, 0.3) is 0 Å². The Morgan fingerprint density at radius 2 is 2.33 bits per heavy atom. The molecular formula is C7H15NO. The van der Waals surface area contributed by atoms with Gasteiger partial charge in [-0.1, -0.05) is 6.92 Å². The molecule has 54 valence electrons. The van der Waals surface area contributed by atoms with Crippen LogP contribution in [0.2, 0.25) is 0 Å². The summed E-state index contributed by atoms with van der Waals surface area (Å²) in [4.78, 5) is 0. The Labute approximate surface area is 56.6 Å². The molecule has 2 atom stereocenters. The molecule has 0 spiro atoms. The lowest BCUT2D eigenvalue weighted by atomic mass is 10.00. The van der Waals surface area contributed by atoms with E-state index in [1.54, 1.807) is 7.11 Å². The molecule has 0 aromatic rings. The van der Waals surface area contributed by atoms with Gasteiger partial charge in [-0.2, -0.15) is 0 Å². The molecule has 0 aromatic heterocycles. The van der Waals surface area contributed by atoms with E-state index >= 15 is 0 Å². The molecule has 0 amide bonds. The normalized spacial score (nSPS) is 35.3. The van der Waals surface area contributed by atoms with E-state index in [1.807, 2.05) is 0 Å². The quantitative estimate of drug-likeness (QED) is 0.586. The highest BCUT2D eigenvalue weighted by molar-refractivity contribution is 4.77. The number of ether oxygens (including phenoxy) is 1. The van der Waals surface area contributed by atoms with Gasteiger partial charge in [-0.15, -0.1) is 0 Å². The second-order valence-electron chi connectivity index (χ2n) is 2.85. The average Bonchev–Trinajstić information content (AvgIpc) is 2.18. The van der Waals surface area contributed by atoms with Gasteiger partial charge in [-0.3, -0.25) is 0 Å². The maximum absolute atomic E-state index is 5.06. The summed E-state index contributed by atoms with van der Waals surface area (Å²) in [6, 6.07) is 0. The fraction of sp³-hybridized carbons (Fsp3) is 1.00. The predicted molar refractivity (Wildman–Crippen MR) is 37.4 cm³/mol. The summed E-state index contributed by atoms with van der Waals surface area (Å²) in [5, 5.41) is 3.33. The van der Waals surface area contributed by atoms with Gasteiger partial charge in [0.2, 0.25) is 0 Å². The lowest BCUT2D eigenvalue weighted by Gasteiger charge is -2.11. The first kappa shape index (κ1) is 7.03. The van der Waals surface area contributed by atoms with E-state index in [1.165, 1.54) is 0 Å². The molecule has 0 aromatic carbocycles. The van der Waals surface area contributed by atoms with Crippen LogP contribution < -0.4 is 5.32 Å². The van der Waals surface area contributed by atoms with Gasteiger partial charge in [0.05, 0.1) is 6.61 Å². The molecule has 1 heterocycles. The van der Waals surface area contributed by atoms with Gasteiger partial charge < -0.3 is 10.1 Å². The maximum Gasteiger partial charge on any atom is 0.0505 e. The van der Waals surface area contributed by atoms with Gasteiger partial charge in [0, 0.05) is 13.7 Å². The molecule has 2 nitrogen and oxygen atoms in total. The number of hydrogen-bond acceptors (Lipinski definition) is 2. The highest BCUT2D eigenvalue weighted by atomic mass is 16.5. The zero-order chi connectivity index (χ0) is 6.69. The Bertz CT molecular complexity index is 85.0. The van der Waals surface area contributed by atoms with Crippen LogP contribution in [0.4, 0.5) is 0 Å². The molecule has 2 heteroatoms. The molecule has 1 aliphatic heterocycles. The van der Waals surface area contributed by atoms with E-state index in [-0.39, 0.29) is 0 Å². The largest absolute Gasteiger partial charge is 0.384 e. The fourth-order valence-electron chi connectivity index (χ4n) is 1.30. The zero-order valence-corrected chi connectivity index (χ0v) is 6.18. The zero-order valence-electron chi connectivity index (χ0n) is 6.18. The van der Waals surface area contributed by atoms with Crippen molar-refractivity contribution in [2.75, 3.05) is 26.8 Å². The van der Waals surface area contributed by atoms with E-state index in [0.717, 1.165) is 31.5 Å². The smallest absolute Gasteiger partial charge is 0.0505 e. The Kier molecular flexibility index (Phi) is 2.49. The Balaban J connectivity index is 2.22.